The first-order valence-electron chi connectivity index (χ1n) is 4.27. The predicted octanol–water partition coefficient (Wildman–Crippen LogP) is -11.8. The van der Waals surface area contributed by atoms with Crippen molar-refractivity contribution in [3.05, 3.63) is 30.1 Å². The van der Waals surface area contributed by atoms with Crippen LogP contribution in [0.2, 0.25) is 0 Å². The van der Waals surface area contributed by atoms with Gasteiger partial charge in [0.25, 0.3) is 0 Å². The third-order valence-corrected chi connectivity index (χ3v) is 5.71. The van der Waals surface area contributed by atoms with E-state index in [1.807, 2.05) is 0 Å². The van der Waals surface area contributed by atoms with Crippen molar-refractivity contribution in [1.82, 2.24) is 4.98 Å². The van der Waals surface area contributed by atoms with E-state index in [0.717, 1.165) is 6.20 Å². The number of nitrogens with zero attached hydrogens (tertiary/aromatic N) is 1. The Balaban J connectivity index is -0.0000000826. The van der Waals surface area contributed by atoms with Gasteiger partial charge in [-0.3, -0.25) is 4.98 Å². The molecule has 0 aliphatic rings. The van der Waals surface area contributed by atoms with Crippen LogP contribution in [0.5, 0.6) is 0 Å². The normalized spacial score (nSPS) is 15.7. The fourth-order valence-corrected chi connectivity index (χ4v) is 3.18. The molecule has 2 unspecified atom stereocenters. The average molecular weight is 417 g/mol. The van der Waals surface area contributed by atoms with Crippen molar-refractivity contribution in [3.63, 3.8) is 0 Å². The molecule has 0 aromatic carbocycles. The van der Waals surface area contributed by atoms with E-state index in [1.54, 1.807) is 0 Å². The van der Waals surface area contributed by atoms with Gasteiger partial charge >= 0.3 is 59.1 Å². The molecule has 0 saturated carbocycles. The van der Waals surface area contributed by atoms with E-state index in [9.17, 15) is 24.0 Å². The van der Waals surface area contributed by atoms with Crippen LogP contribution in [0, 0.1) is 0 Å². The third-order valence-electron chi connectivity index (χ3n) is 2.07. The van der Waals surface area contributed by atoms with E-state index in [4.69, 9.17) is 9.79 Å². The first-order chi connectivity index (χ1) is 7.58. The molecule has 13 nitrogen and oxygen atoms in total. The molecular formula is C7H19NNa2O12P2. The molecule has 0 saturated heterocycles. The van der Waals surface area contributed by atoms with Gasteiger partial charge in [-0.1, -0.05) is 6.07 Å². The van der Waals surface area contributed by atoms with Crippen molar-refractivity contribution >= 4 is 15.2 Å². The first-order valence-corrected chi connectivity index (χ1v) is 7.42. The van der Waals surface area contributed by atoms with Gasteiger partial charge in [0.05, 0.1) is 0 Å². The minimum atomic E-state index is -5.72. The van der Waals surface area contributed by atoms with E-state index in [0.29, 0.717) is 0 Å². The minimum absolute atomic E-state index is 0. The maximum absolute atomic E-state index is 10.9. The summed E-state index contributed by atoms with van der Waals surface area (Å²) >= 11 is 0. The summed E-state index contributed by atoms with van der Waals surface area (Å²) in [7, 11) is -11.4. The molecule has 0 aliphatic carbocycles. The zero-order valence-electron chi connectivity index (χ0n) is 12.8. The van der Waals surface area contributed by atoms with Gasteiger partial charge < -0.3 is 61.2 Å². The fourth-order valence-electron chi connectivity index (χ4n) is 1.14. The van der Waals surface area contributed by atoms with Crippen LogP contribution in [0.25, 0.3) is 0 Å². The van der Waals surface area contributed by atoms with Crippen LogP contribution in [0.15, 0.2) is 24.5 Å². The van der Waals surface area contributed by atoms with Crippen LogP contribution >= 0.6 is 15.2 Å². The Morgan fingerprint density at radius 3 is 1.62 bits per heavy atom. The van der Waals surface area contributed by atoms with Gasteiger partial charge in [0, 0.05) is 18.8 Å². The van der Waals surface area contributed by atoms with Crippen molar-refractivity contribution in [2.75, 3.05) is 0 Å². The fraction of sp³-hybridized carbons (Fsp3) is 0.286. The van der Waals surface area contributed by atoms with Gasteiger partial charge in [-0.25, -0.2) is 0 Å². The van der Waals surface area contributed by atoms with Crippen LogP contribution in [0.4, 0.5) is 0 Å². The molecule has 24 heavy (non-hydrogen) atoms. The second-order valence-electron chi connectivity index (χ2n) is 3.35. The van der Waals surface area contributed by atoms with E-state index < -0.39 is 26.7 Å². The maximum atomic E-state index is 10.9. The van der Waals surface area contributed by atoms with Crippen molar-refractivity contribution in [2.45, 2.75) is 11.5 Å². The molecule has 0 spiro atoms. The predicted molar refractivity (Wildman–Crippen MR) is 70.6 cm³/mol. The standard InChI is InChI=1S/C7H11NO7P2.2Na.5H2O/c9-7(16(10,11)12,17(13,14)15)4-6-2-1-3-8-5-6;;;;;;;/h1-3,5,9H,4H2,(H2,10,11,12)(H2,13,14,15);;;5*1H2/q;2*+1;;;;;/p-2. The average Bonchev–Trinajstić information content (AvgIpc) is 2.15. The number of aromatic nitrogens is 1. The second-order valence-corrected chi connectivity index (χ2v) is 7.27. The molecule has 17 heteroatoms. The molecule has 0 radical (unpaired) electrons. The van der Waals surface area contributed by atoms with Crippen LogP contribution in [-0.4, -0.2) is 52.3 Å². The number of rotatable bonds is 4. The molecule has 1 rings (SSSR count). The Bertz CT molecular complexity index is 471. The summed E-state index contributed by atoms with van der Waals surface area (Å²) in [4.78, 5) is 42.8. The quantitative estimate of drug-likeness (QED) is 0.311. The molecule has 1 aromatic rings. The van der Waals surface area contributed by atoms with Crippen LogP contribution in [0.1, 0.15) is 5.56 Å². The Kier molecular flexibility index (Phi) is 30.4. The Morgan fingerprint density at radius 1 is 1.00 bits per heavy atom. The van der Waals surface area contributed by atoms with E-state index in [2.05, 4.69) is 4.98 Å². The summed E-state index contributed by atoms with van der Waals surface area (Å²) in [5.41, 5.74) is 0.0188. The summed E-state index contributed by atoms with van der Waals surface area (Å²) in [6.45, 7) is 0. The molecule has 0 amide bonds. The summed E-state index contributed by atoms with van der Waals surface area (Å²) in [5, 5.41) is 5.81. The summed E-state index contributed by atoms with van der Waals surface area (Å²) in [5.74, 6) is 0. The molecular weight excluding hydrogens is 398 g/mol. The molecule has 13 N–H and O–H groups in total. The van der Waals surface area contributed by atoms with Gasteiger partial charge in [0.2, 0.25) is 0 Å². The van der Waals surface area contributed by atoms with Crippen molar-refractivity contribution in [2.24, 2.45) is 0 Å². The molecule has 0 aliphatic heterocycles. The van der Waals surface area contributed by atoms with E-state index in [-0.39, 0.29) is 92.1 Å². The first kappa shape index (κ1) is 44.6. The Labute approximate surface area is 181 Å². The Morgan fingerprint density at radius 2 is 1.38 bits per heavy atom. The summed E-state index contributed by atoms with van der Waals surface area (Å²) in [6.07, 6.45) is 1.42. The number of hydrogen-bond donors (Lipinski definition) is 3. The number of hydrogen-bond acceptors (Lipinski definition) is 6. The summed E-state index contributed by atoms with van der Waals surface area (Å²) in [6, 6.07) is 2.65. The number of aliphatic hydroxyl groups is 1. The van der Waals surface area contributed by atoms with Crippen molar-refractivity contribution in [1.29, 1.82) is 0 Å². The molecule has 2 atom stereocenters. The van der Waals surface area contributed by atoms with Gasteiger partial charge in [0.15, 0.2) is 20.3 Å². The van der Waals surface area contributed by atoms with Gasteiger partial charge in [-0.05, 0) is 11.6 Å². The molecule has 1 heterocycles. The van der Waals surface area contributed by atoms with Crippen molar-refractivity contribution in [3.8, 4) is 0 Å². The Hall–Kier alpha value is 1.21. The van der Waals surface area contributed by atoms with Gasteiger partial charge in [0.1, 0.15) is 0 Å². The van der Waals surface area contributed by atoms with E-state index in [1.165, 1.54) is 18.3 Å². The monoisotopic (exact) mass is 417 g/mol. The van der Waals surface area contributed by atoms with Crippen molar-refractivity contribution < 1.29 is 120 Å². The zero-order valence-corrected chi connectivity index (χ0v) is 18.6. The SMILES string of the molecule is O.O.O.O.O.O=P([O-])(O)C(O)(Cc1cccnc1)P(=O)([O-])O.[Na+].[Na+]. The van der Waals surface area contributed by atoms with Gasteiger partial charge in [-0.2, -0.15) is 0 Å². The summed E-state index contributed by atoms with van der Waals surface area (Å²) < 4.78 is 21.8. The zero-order chi connectivity index (χ0) is 13.3. The minimum Gasteiger partial charge on any atom is -0.776 e. The largest absolute Gasteiger partial charge is 1.00 e. The molecule has 136 valence electrons. The smallest absolute Gasteiger partial charge is 0.776 e. The van der Waals surface area contributed by atoms with Crippen LogP contribution < -0.4 is 68.9 Å². The van der Waals surface area contributed by atoms with Gasteiger partial charge in [-0.15, -0.1) is 0 Å². The molecule has 0 fully saturated rings. The van der Waals surface area contributed by atoms with E-state index >= 15 is 0 Å². The topological polar surface area (TPSA) is 311 Å². The second kappa shape index (κ2) is 16.4. The van der Waals surface area contributed by atoms with Crippen LogP contribution in [-0.2, 0) is 15.6 Å². The molecule has 0 bridgehead atoms. The number of pyridine rings is 1. The molecule has 1 aromatic heterocycles. The third kappa shape index (κ3) is 11.0. The van der Waals surface area contributed by atoms with Crippen LogP contribution in [0.3, 0.4) is 0 Å². The maximum Gasteiger partial charge on any atom is 1.00 e.